The second-order valence-corrected chi connectivity index (χ2v) is 5.42. The van der Waals surface area contributed by atoms with E-state index in [1.807, 2.05) is 55.4 Å². The molecule has 2 nitrogen and oxygen atoms in total. The highest BCUT2D eigenvalue weighted by atomic mass is 14.9. The van der Waals surface area contributed by atoms with E-state index < -0.39 is 0 Å². The quantitative estimate of drug-likeness (QED) is 0.314. The molecule has 0 amide bonds. The summed E-state index contributed by atoms with van der Waals surface area (Å²) in [4.78, 5) is 0. The first kappa shape index (κ1) is 25.5. The number of pyridine rings is 2. The van der Waals surface area contributed by atoms with Crippen molar-refractivity contribution in [3.63, 3.8) is 0 Å². The topological polar surface area (TPSA) is 8.82 Å². The van der Waals surface area contributed by atoms with Gasteiger partial charge in [-0.1, -0.05) is 68.5 Å². The summed E-state index contributed by atoms with van der Waals surface area (Å²) in [6, 6.07) is 8.41. The van der Waals surface area contributed by atoms with Crippen molar-refractivity contribution in [1.82, 2.24) is 8.80 Å². The first-order valence-electron chi connectivity index (χ1n) is 10.8. The fraction of sp³-hybridized carbons (Fsp3) is 0.385. The van der Waals surface area contributed by atoms with E-state index in [1.165, 1.54) is 32.9 Å². The van der Waals surface area contributed by atoms with Crippen molar-refractivity contribution in [2.75, 3.05) is 0 Å². The van der Waals surface area contributed by atoms with Crippen LogP contribution >= 0.6 is 0 Å². The molecule has 154 valence electrons. The predicted octanol–water partition coefficient (Wildman–Crippen LogP) is 6.89. The van der Waals surface area contributed by atoms with Crippen LogP contribution in [0.25, 0.3) is 35.0 Å². The van der Waals surface area contributed by atoms with Gasteiger partial charge in [0.15, 0.2) is 0 Å². The Kier molecular flexibility index (Phi) is 11.0. The molecule has 0 aliphatic carbocycles. The molecule has 0 atom stereocenters. The Bertz CT molecular complexity index is 1010. The molecule has 0 bridgehead atoms. The van der Waals surface area contributed by atoms with Gasteiger partial charge in [0.2, 0.25) is 0 Å². The van der Waals surface area contributed by atoms with Crippen molar-refractivity contribution in [3.05, 3.63) is 58.5 Å². The van der Waals surface area contributed by atoms with Crippen LogP contribution in [-0.2, 0) is 0 Å². The largest absolute Gasteiger partial charge is 0.317 e. The van der Waals surface area contributed by atoms with Gasteiger partial charge in [0.1, 0.15) is 0 Å². The molecule has 0 aromatic carbocycles. The number of aryl methyl sites for hydroxylation is 2. The minimum atomic E-state index is 1.04. The van der Waals surface area contributed by atoms with Gasteiger partial charge in [0.05, 0.1) is 0 Å². The molecule has 0 aliphatic rings. The van der Waals surface area contributed by atoms with E-state index in [9.17, 15) is 0 Å². The third-order valence-corrected chi connectivity index (χ3v) is 4.42. The Labute approximate surface area is 171 Å². The van der Waals surface area contributed by atoms with Crippen molar-refractivity contribution in [1.29, 1.82) is 0 Å². The molecule has 0 unspecified atom stereocenters. The lowest BCUT2D eigenvalue weighted by Crippen LogP contribution is -2.21. The highest BCUT2D eigenvalue weighted by Crippen LogP contribution is 2.22. The van der Waals surface area contributed by atoms with Crippen LogP contribution in [0.1, 0.15) is 66.5 Å². The van der Waals surface area contributed by atoms with Crippen LogP contribution < -0.4 is 10.7 Å². The van der Waals surface area contributed by atoms with Gasteiger partial charge < -0.3 is 8.80 Å². The predicted molar refractivity (Wildman–Crippen MR) is 131 cm³/mol. The van der Waals surface area contributed by atoms with E-state index >= 15 is 0 Å². The lowest BCUT2D eigenvalue weighted by Gasteiger charge is -2.13. The number of hydrogen-bond donors (Lipinski definition) is 0. The second-order valence-electron chi connectivity index (χ2n) is 5.42. The van der Waals surface area contributed by atoms with Crippen molar-refractivity contribution < 1.29 is 0 Å². The first-order valence-corrected chi connectivity index (χ1v) is 10.8. The van der Waals surface area contributed by atoms with Gasteiger partial charge in [-0.05, 0) is 49.2 Å². The maximum absolute atomic E-state index is 4.31. The summed E-state index contributed by atoms with van der Waals surface area (Å²) in [6.45, 7) is 29.0. The lowest BCUT2D eigenvalue weighted by atomic mass is 10.0. The van der Waals surface area contributed by atoms with Gasteiger partial charge in [0.25, 0.3) is 0 Å². The second kappa shape index (κ2) is 12.1. The summed E-state index contributed by atoms with van der Waals surface area (Å²) in [6.07, 6.45) is 4.16. The van der Waals surface area contributed by atoms with E-state index in [4.69, 9.17) is 0 Å². The van der Waals surface area contributed by atoms with E-state index in [-0.39, 0.29) is 0 Å². The maximum Gasteiger partial charge on any atom is 0.0492 e. The molecule has 4 aromatic rings. The molecule has 28 heavy (non-hydrogen) atoms. The summed E-state index contributed by atoms with van der Waals surface area (Å²) in [5, 5.41) is 4.53. The summed E-state index contributed by atoms with van der Waals surface area (Å²) < 4.78 is 4.34. The number of rotatable bonds is 0. The molecule has 0 aliphatic heterocycles. The standard InChI is InChI=1S/C18H16N2.4C2H6/c1-11-15-7-5-9-19(15)14(4)18-12(2)16-8-6-10-20(16)13(3)17(11)18;4*1-2/h5-10H,3-4H2,1-2H3;4*1-2H3. The highest BCUT2D eigenvalue weighted by Gasteiger charge is 2.12. The van der Waals surface area contributed by atoms with Crippen molar-refractivity contribution in [3.8, 4) is 0 Å². The van der Waals surface area contributed by atoms with Crippen molar-refractivity contribution in [2.45, 2.75) is 69.2 Å². The maximum atomic E-state index is 4.31. The van der Waals surface area contributed by atoms with E-state index in [0.717, 1.165) is 10.7 Å². The SMILES string of the molecule is C=c1c2c(C)c3cccn3c(=C)c2c(C)c2cccn12.CC.CC.CC.CC. The molecule has 0 spiro atoms. The molecular weight excluding hydrogens is 340 g/mol. The highest BCUT2D eigenvalue weighted by molar-refractivity contribution is 5.96. The minimum Gasteiger partial charge on any atom is -0.317 e. The Morgan fingerprint density at radius 1 is 0.571 bits per heavy atom. The Balaban J connectivity index is 0.000000818. The van der Waals surface area contributed by atoms with Gasteiger partial charge in [0, 0.05) is 44.9 Å². The van der Waals surface area contributed by atoms with Crippen LogP contribution in [0.2, 0.25) is 0 Å². The zero-order chi connectivity index (χ0) is 22.0. The van der Waals surface area contributed by atoms with Gasteiger partial charge in [-0.15, -0.1) is 0 Å². The average molecular weight is 381 g/mol. The molecule has 4 heterocycles. The summed E-state index contributed by atoms with van der Waals surface area (Å²) >= 11 is 0. The molecule has 0 radical (unpaired) electrons. The van der Waals surface area contributed by atoms with Crippen LogP contribution in [0.15, 0.2) is 36.7 Å². The van der Waals surface area contributed by atoms with Gasteiger partial charge in [-0.2, -0.15) is 0 Å². The van der Waals surface area contributed by atoms with Gasteiger partial charge in [-0.3, -0.25) is 0 Å². The minimum absolute atomic E-state index is 1.04. The Hall–Kier alpha value is -2.48. The van der Waals surface area contributed by atoms with Crippen LogP contribution in [0.5, 0.6) is 0 Å². The zero-order valence-electron chi connectivity index (χ0n) is 19.8. The van der Waals surface area contributed by atoms with Gasteiger partial charge >= 0.3 is 0 Å². The molecule has 0 saturated carbocycles. The Morgan fingerprint density at radius 2 is 0.857 bits per heavy atom. The average Bonchev–Trinajstić information content (AvgIpc) is 3.45. The molecule has 2 heteroatoms. The third-order valence-electron chi connectivity index (χ3n) is 4.42. The molecule has 4 rings (SSSR count). The number of nitrogens with zero attached hydrogens (tertiary/aromatic N) is 2. The third kappa shape index (κ3) is 4.16. The normalized spacial score (nSPS) is 9.36. The molecule has 4 aromatic heterocycles. The summed E-state index contributed by atoms with van der Waals surface area (Å²) in [5.74, 6) is 0. The summed E-state index contributed by atoms with van der Waals surface area (Å²) in [7, 11) is 0. The smallest absolute Gasteiger partial charge is 0.0492 e. The molecule has 0 N–H and O–H groups in total. The van der Waals surface area contributed by atoms with E-state index in [1.54, 1.807) is 0 Å². The van der Waals surface area contributed by atoms with E-state index in [0.29, 0.717) is 0 Å². The fourth-order valence-electron chi connectivity index (χ4n) is 3.44. The summed E-state index contributed by atoms with van der Waals surface area (Å²) in [5.41, 5.74) is 4.94. The molecular formula is C26H40N2. The zero-order valence-corrected chi connectivity index (χ0v) is 19.8. The van der Waals surface area contributed by atoms with Gasteiger partial charge in [-0.25, -0.2) is 0 Å². The number of hydrogen-bond acceptors (Lipinski definition) is 0. The van der Waals surface area contributed by atoms with E-state index in [2.05, 4.69) is 72.5 Å². The van der Waals surface area contributed by atoms with Crippen LogP contribution in [-0.4, -0.2) is 8.80 Å². The molecule has 0 saturated heterocycles. The van der Waals surface area contributed by atoms with Crippen LogP contribution in [0.4, 0.5) is 0 Å². The number of fused-ring (bicyclic) bond motifs is 3. The Morgan fingerprint density at radius 3 is 1.14 bits per heavy atom. The van der Waals surface area contributed by atoms with Crippen LogP contribution in [0, 0.1) is 13.8 Å². The van der Waals surface area contributed by atoms with Crippen LogP contribution in [0.3, 0.4) is 0 Å². The first-order chi connectivity index (χ1) is 13.6. The fourth-order valence-corrected chi connectivity index (χ4v) is 3.44. The van der Waals surface area contributed by atoms with Crippen molar-refractivity contribution >= 4 is 35.0 Å². The van der Waals surface area contributed by atoms with Crippen molar-refractivity contribution in [2.24, 2.45) is 0 Å². The molecule has 0 fully saturated rings. The monoisotopic (exact) mass is 380 g/mol. The lowest BCUT2D eigenvalue weighted by molar-refractivity contribution is 1.11. The number of aromatic nitrogens is 2.